The number of carbonyl (C=O) groups excluding carboxylic acids is 4. The number of esters is 1. The number of rotatable bonds is 13. The van der Waals surface area contributed by atoms with Crippen LogP contribution in [-0.4, -0.2) is 120 Å². The predicted octanol–water partition coefficient (Wildman–Crippen LogP) is 2.07. The van der Waals surface area contributed by atoms with E-state index < -0.39 is 65.5 Å². The number of amides is 3. The van der Waals surface area contributed by atoms with Gasteiger partial charge in [-0.2, -0.15) is 5.06 Å². The molecule has 2 aromatic rings. The van der Waals surface area contributed by atoms with Crippen LogP contribution in [0.25, 0.3) is 6.08 Å². The Labute approximate surface area is 309 Å². The number of aliphatic hydroxyl groups is 1. The molecule has 3 heterocycles. The van der Waals surface area contributed by atoms with Gasteiger partial charge < -0.3 is 34.4 Å². The van der Waals surface area contributed by atoms with E-state index in [-0.39, 0.29) is 50.3 Å². The first-order valence-corrected chi connectivity index (χ1v) is 18.7. The number of nitrogens with one attached hydrogen (secondary N) is 1. The molecule has 6 fully saturated rings. The Hall–Kier alpha value is -4.14. The van der Waals surface area contributed by atoms with E-state index in [1.54, 1.807) is 32.3 Å². The lowest BCUT2D eigenvalue weighted by Crippen LogP contribution is -2.70. The summed E-state index contributed by atoms with van der Waals surface area (Å²) in [5, 5.41) is 13.8. The lowest BCUT2D eigenvalue weighted by Gasteiger charge is -2.50. The number of aliphatic hydroxyl groups excluding tert-OH is 1. The van der Waals surface area contributed by atoms with Crippen LogP contribution in [-0.2, 0) is 51.2 Å². The third-order valence-corrected chi connectivity index (χ3v) is 11.8. The number of ether oxygens (including phenoxy) is 3. The zero-order valence-electron chi connectivity index (χ0n) is 30.4. The summed E-state index contributed by atoms with van der Waals surface area (Å²) in [4.78, 5) is 65.2. The van der Waals surface area contributed by atoms with Gasteiger partial charge in [-0.3, -0.25) is 24.0 Å². The molecular formula is C40H48N4O9. The molecule has 2 aromatic carbocycles. The number of nitrogens with zero attached hydrogens (tertiary/aromatic N) is 3. The molecule has 3 saturated carbocycles. The lowest BCUT2D eigenvalue weighted by molar-refractivity contribution is -0.235. The number of likely N-dealkylation sites (N-methyl/N-ethyl adjacent to an activating group) is 2. The average molecular weight is 729 g/mol. The van der Waals surface area contributed by atoms with Gasteiger partial charge >= 0.3 is 5.97 Å². The molecule has 2 bridgehead atoms. The van der Waals surface area contributed by atoms with Crippen LogP contribution in [0.5, 0.6) is 0 Å². The first kappa shape index (κ1) is 35.9. The summed E-state index contributed by atoms with van der Waals surface area (Å²) in [5.74, 6) is -1.83. The van der Waals surface area contributed by atoms with Gasteiger partial charge in [0.2, 0.25) is 17.7 Å². The molecule has 8 rings (SSSR count). The minimum absolute atomic E-state index is 0.0354. The molecule has 6 aliphatic rings. The van der Waals surface area contributed by atoms with Crippen molar-refractivity contribution < 1.29 is 43.3 Å². The maximum Gasteiger partial charge on any atom is 0.327 e. The highest BCUT2D eigenvalue weighted by molar-refractivity contribution is 5.96. The van der Waals surface area contributed by atoms with E-state index in [0.29, 0.717) is 0 Å². The van der Waals surface area contributed by atoms with Gasteiger partial charge in [-0.15, -0.1) is 0 Å². The number of hydrogen-bond acceptors (Lipinski definition) is 10. The van der Waals surface area contributed by atoms with Crippen molar-refractivity contribution in [1.29, 1.82) is 0 Å². The van der Waals surface area contributed by atoms with Crippen molar-refractivity contribution >= 4 is 29.8 Å². The van der Waals surface area contributed by atoms with Crippen LogP contribution >= 0.6 is 0 Å². The molecule has 0 aromatic heterocycles. The second kappa shape index (κ2) is 13.9. The Morgan fingerprint density at radius 2 is 1.64 bits per heavy atom. The van der Waals surface area contributed by atoms with Crippen LogP contribution in [0.15, 0.2) is 60.7 Å². The minimum Gasteiger partial charge on any atom is -0.458 e. The zero-order valence-corrected chi connectivity index (χ0v) is 30.4. The first-order chi connectivity index (χ1) is 25.6. The predicted molar refractivity (Wildman–Crippen MR) is 190 cm³/mol. The Balaban J connectivity index is 1.14. The molecule has 3 aliphatic carbocycles. The molecule has 2 N–H and O–H groups in total. The van der Waals surface area contributed by atoms with Crippen LogP contribution in [0.2, 0.25) is 0 Å². The standard InChI is InChI=1S/C40H48N4O9/c1-42(2)31(46)18-13-24-9-11-26(12-10-24)23-44-34-37(48)50-30-22-39(34,35(53-44)33-32(30)51-40(52-33,27-14-15-27)28-16-17-28)38(49)43(3)29(36(47)41-19-20-45)21-25-7-5-4-6-8-25/h4-13,18,27-30,32-35,45H,14-17,19-23H2,1-3H3,(H,41,47)/t29-,30+,32+,33+,34+,35-,39+/m1/s1. The maximum absolute atomic E-state index is 15.4. The van der Waals surface area contributed by atoms with Gasteiger partial charge in [-0.25, -0.2) is 0 Å². The van der Waals surface area contributed by atoms with Crippen LogP contribution in [0.1, 0.15) is 48.8 Å². The summed E-state index contributed by atoms with van der Waals surface area (Å²) in [5.41, 5.74) is 1.06. The fourth-order valence-corrected chi connectivity index (χ4v) is 8.89. The topological polar surface area (TPSA) is 147 Å². The van der Waals surface area contributed by atoms with E-state index in [1.807, 2.05) is 54.6 Å². The van der Waals surface area contributed by atoms with Gasteiger partial charge in [0, 0.05) is 58.4 Å². The third kappa shape index (κ3) is 6.35. The average Bonchev–Trinajstić information content (AvgIpc) is 4.11. The molecule has 53 heavy (non-hydrogen) atoms. The van der Waals surface area contributed by atoms with Gasteiger partial charge in [0.15, 0.2) is 11.8 Å². The molecule has 3 saturated heterocycles. The molecular weight excluding hydrogens is 680 g/mol. The molecule has 0 spiro atoms. The van der Waals surface area contributed by atoms with E-state index >= 15 is 4.79 Å². The minimum atomic E-state index is -1.44. The smallest absolute Gasteiger partial charge is 0.327 e. The monoisotopic (exact) mass is 728 g/mol. The van der Waals surface area contributed by atoms with Gasteiger partial charge in [0.1, 0.15) is 35.9 Å². The highest BCUT2D eigenvalue weighted by Crippen LogP contribution is 2.64. The normalized spacial score (nSPS) is 30.4. The Bertz CT molecular complexity index is 1750. The van der Waals surface area contributed by atoms with E-state index in [1.165, 1.54) is 15.9 Å². The van der Waals surface area contributed by atoms with Crippen molar-refractivity contribution in [2.24, 2.45) is 17.3 Å². The fourth-order valence-electron chi connectivity index (χ4n) is 8.89. The van der Waals surface area contributed by atoms with E-state index in [2.05, 4.69) is 5.32 Å². The van der Waals surface area contributed by atoms with Gasteiger partial charge in [-0.05, 0) is 48.4 Å². The zero-order chi connectivity index (χ0) is 37.1. The third-order valence-electron chi connectivity index (χ3n) is 11.8. The van der Waals surface area contributed by atoms with Gasteiger partial charge in [-0.1, -0.05) is 54.6 Å². The molecule has 0 unspecified atom stereocenters. The summed E-state index contributed by atoms with van der Waals surface area (Å²) < 4.78 is 20.0. The van der Waals surface area contributed by atoms with Crippen molar-refractivity contribution in [2.45, 2.75) is 87.4 Å². The van der Waals surface area contributed by atoms with Crippen LogP contribution < -0.4 is 5.32 Å². The maximum atomic E-state index is 15.4. The van der Waals surface area contributed by atoms with Crippen molar-refractivity contribution in [3.05, 3.63) is 77.4 Å². The van der Waals surface area contributed by atoms with Crippen molar-refractivity contribution in [2.75, 3.05) is 34.3 Å². The van der Waals surface area contributed by atoms with Crippen molar-refractivity contribution in [3.8, 4) is 0 Å². The number of fused-ring (bicyclic) bond motifs is 4. The lowest BCUT2D eigenvalue weighted by atomic mass is 9.62. The van der Waals surface area contributed by atoms with Crippen molar-refractivity contribution in [3.63, 3.8) is 0 Å². The molecule has 13 nitrogen and oxygen atoms in total. The first-order valence-electron chi connectivity index (χ1n) is 18.7. The van der Waals surface area contributed by atoms with E-state index in [0.717, 1.165) is 42.4 Å². The van der Waals surface area contributed by atoms with Crippen LogP contribution in [0.3, 0.4) is 0 Å². The summed E-state index contributed by atoms with van der Waals surface area (Å²) in [6, 6.07) is 14.9. The highest BCUT2D eigenvalue weighted by atomic mass is 16.8. The van der Waals surface area contributed by atoms with E-state index in [4.69, 9.17) is 19.0 Å². The second-order valence-corrected chi connectivity index (χ2v) is 15.6. The molecule has 13 heteroatoms. The molecule has 0 radical (unpaired) electrons. The molecule has 3 amide bonds. The molecule has 3 aliphatic heterocycles. The number of carbonyl (C=O) groups is 4. The Morgan fingerprint density at radius 3 is 2.28 bits per heavy atom. The fraction of sp³-hybridized carbons (Fsp3) is 0.550. The Kier molecular flexibility index (Phi) is 9.43. The molecule has 7 atom stereocenters. The van der Waals surface area contributed by atoms with Gasteiger partial charge in [0.25, 0.3) is 0 Å². The number of benzene rings is 2. The number of hydroxylamine groups is 2. The quantitative estimate of drug-likeness (QED) is 0.232. The van der Waals surface area contributed by atoms with Crippen LogP contribution in [0, 0.1) is 17.3 Å². The summed E-state index contributed by atoms with van der Waals surface area (Å²) in [6.07, 6.45) is 4.71. The second-order valence-electron chi connectivity index (χ2n) is 15.6. The van der Waals surface area contributed by atoms with Crippen molar-refractivity contribution in [1.82, 2.24) is 20.2 Å². The van der Waals surface area contributed by atoms with E-state index in [9.17, 15) is 19.5 Å². The summed E-state index contributed by atoms with van der Waals surface area (Å²) >= 11 is 0. The SMILES string of the molecule is CN(C)C(=O)C=Cc1ccc(CN2O[C@@H]3[C@H]4OC(C5CC5)(C5CC5)O[C@H]4[C@@H]4C[C@]3(C(=O)N(C)[C@H](Cc3ccccc3)C(=O)NCCO)[C@@H]2C(=O)O4)cc1. The number of hydrogen-bond donors (Lipinski definition) is 2. The van der Waals surface area contributed by atoms with Gasteiger partial charge in [0.05, 0.1) is 13.2 Å². The summed E-state index contributed by atoms with van der Waals surface area (Å²) in [7, 11) is 4.98. The Morgan fingerprint density at radius 1 is 0.962 bits per heavy atom. The summed E-state index contributed by atoms with van der Waals surface area (Å²) in [6.45, 7) is -0.0470. The van der Waals surface area contributed by atoms with Crippen LogP contribution in [0.4, 0.5) is 0 Å². The highest BCUT2D eigenvalue weighted by Gasteiger charge is 2.78. The molecule has 282 valence electrons. The largest absolute Gasteiger partial charge is 0.458 e.